The molecule has 0 radical (unpaired) electrons. The van der Waals surface area contributed by atoms with Gasteiger partial charge in [-0.3, -0.25) is 0 Å². The van der Waals surface area contributed by atoms with Crippen molar-refractivity contribution >= 4 is 6.03 Å². The average Bonchev–Trinajstić information content (AvgIpc) is 3.18. The molecule has 2 aromatic rings. The van der Waals surface area contributed by atoms with E-state index >= 15 is 0 Å². The second kappa shape index (κ2) is 8.11. The number of amides is 2. The van der Waals surface area contributed by atoms with Crippen molar-refractivity contribution < 1.29 is 13.9 Å². The smallest absolute Gasteiger partial charge is 0.318 e. The van der Waals surface area contributed by atoms with E-state index in [4.69, 9.17) is 4.74 Å². The molecule has 1 aliphatic heterocycles. The third kappa shape index (κ3) is 4.17. The van der Waals surface area contributed by atoms with Gasteiger partial charge < -0.3 is 19.9 Å². The van der Waals surface area contributed by atoms with Crippen LogP contribution in [0.4, 0.5) is 9.18 Å². The molecule has 0 saturated carbocycles. The summed E-state index contributed by atoms with van der Waals surface area (Å²) in [5.74, 6) is 0.522. The molecule has 7 heteroatoms. The van der Waals surface area contributed by atoms with Crippen LogP contribution in [-0.2, 0) is 4.74 Å². The van der Waals surface area contributed by atoms with Gasteiger partial charge in [-0.25, -0.2) is 14.2 Å². The number of imidazole rings is 1. The summed E-state index contributed by atoms with van der Waals surface area (Å²) in [6.45, 7) is 1.02. The monoisotopic (exact) mass is 346 g/mol. The van der Waals surface area contributed by atoms with E-state index in [1.165, 1.54) is 12.1 Å². The molecule has 2 atom stereocenters. The third-order valence-corrected chi connectivity index (χ3v) is 4.56. The first-order valence-electron chi connectivity index (χ1n) is 8.51. The number of hydrogen-bond donors (Lipinski definition) is 2. The fourth-order valence-corrected chi connectivity index (χ4v) is 3.21. The quantitative estimate of drug-likeness (QED) is 0.874. The van der Waals surface area contributed by atoms with Crippen LogP contribution in [0.25, 0.3) is 0 Å². The summed E-state index contributed by atoms with van der Waals surface area (Å²) in [6, 6.07) is 5.95. The minimum Gasteiger partial charge on any atom is -0.375 e. The molecule has 2 heterocycles. The Kier molecular flexibility index (Phi) is 5.65. The van der Waals surface area contributed by atoms with Gasteiger partial charge in [0.1, 0.15) is 11.6 Å². The average molecular weight is 346 g/mol. The Morgan fingerprint density at radius 1 is 1.44 bits per heavy atom. The molecule has 2 amide bonds. The predicted molar refractivity (Wildman–Crippen MR) is 91.4 cm³/mol. The van der Waals surface area contributed by atoms with Crippen LogP contribution in [-0.4, -0.2) is 41.1 Å². The molecule has 0 spiro atoms. The molecular formula is C18H23FN4O2. The highest BCUT2D eigenvalue weighted by atomic mass is 19.1. The number of nitrogens with zero attached hydrogens (tertiary/aromatic N) is 2. The highest BCUT2D eigenvalue weighted by Crippen LogP contribution is 2.28. The van der Waals surface area contributed by atoms with Crippen molar-refractivity contribution in [2.75, 3.05) is 20.2 Å². The number of rotatable bonds is 5. The lowest BCUT2D eigenvalue weighted by atomic mass is 10.0. The number of benzene rings is 1. The molecule has 1 aromatic heterocycles. The zero-order chi connectivity index (χ0) is 17.6. The maximum absolute atomic E-state index is 13.1. The lowest BCUT2D eigenvalue weighted by Gasteiger charge is -2.34. The molecule has 25 heavy (non-hydrogen) atoms. The van der Waals surface area contributed by atoms with E-state index in [1.54, 1.807) is 31.6 Å². The first-order valence-corrected chi connectivity index (χ1v) is 8.51. The Morgan fingerprint density at radius 3 is 2.92 bits per heavy atom. The van der Waals surface area contributed by atoms with Crippen LogP contribution in [0.5, 0.6) is 0 Å². The van der Waals surface area contributed by atoms with Crippen LogP contribution < -0.4 is 5.32 Å². The zero-order valence-electron chi connectivity index (χ0n) is 14.2. The van der Waals surface area contributed by atoms with Crippen LogP contribution in [0.3, 0.4) is 0 Å². The Balaban J connectivity index is 1.63. The van der Waals surface area contributed by atoms with Gasteiger partial charge in [-0.05, 0) is 37.0 Å². The van der Waals surface area contributed by atoms with E-state index in [9.17, 15) is 9.18 Å². The van der Waals surface area contributed by atoms with Crippen LogP contribution in [0.2, 0.25) is 0 Å². The van der Waals surface area contributed by atoms with Crippen LogP contribution in [0.1, 0.15) is 42.8 Å². The minimum atomic E-state index is -0.323. The standard InChI is InChI=1S/C18H23FN4O2/c1-25-16(13-5-7-14(19)8-6-13)12-22-18(24)23-11-3-2-4-15(23)17-20-9-10-21-17/h5-10,15-16H,2-4,11-12H2,1H3,(H,20,21)(H,22,24)/t15-,16+/m0/s1. The fourth-order valence-electron chi connectivity index (χ4n) is 3.21. The second-order valence-corrected chi connectivity index (χ2v) is 6.14. The molecular weight excluding hydrogens is 323 g/mol. The lowest BCUT2D eigenvalue weighted by Crippen LogP contribution is -2.46. The number of likely N-dealkylation sites (tertiary alicyclic amines) is 1. The van der Waals surface area contributed by atoms with Crippen molar-refractivity contribution in [2.24, 2.45) is 0 Å². The Hall–Kier alpha value is -2.41. The number of piperidine rings is 1. The fraction of sp³-hybridized carbons (Fsp3) is 0.444. The summed E-state index contributed by atoms with van der Waals surface area (Å²) >= 11 is 0. The maximum atomic E-state index is 13.1. The van der Waals surface area contributed by atoms with Gasteiger partial charge in [0.2, 0.25) is 0 Å². The van der Waals surface area contributed by atoms with Crippen molar-refractivity contribution in [1.82, 2.24) is 20.2 Å². The molecule has 134 valence electrons. The highest BCUT2D eigenvalue weighted by Gasteiger charge is 2.29. The van der Waals surface area contributed by atoms with Gasteiger partial charge in [0.05, 0.1) is 12.1 Å². The zero-order valence-corrected chi connectivity index (χ0v) is 14.2. The first-order chi connectivity index (χ1) is 12.2. The van der Waals surface area contributed by atoms with E-state index in [2.05, 4.69) is 15.3 Å². The van der Waals surface area contributed by atoms with Gasteiger partial charge in [-0.1, -0.05) is 12.1 Å². The van der Waals surface area contributed by atoms with E-state index in [-0.39, 0.29) is 24.0 Å². The number of halogens is 1. The SMILES string of the molecule is CO[C@H](CNC(=O)N1CCCC[C@H]1c1ncc[nH]1)c1ccc(F)cc1. The van der Waals surface area contributed by atoms with E-state index in [0.29, 0.717) is 13.1 Å². The van der Waals surface area contributed by atoms with Gasteiger partial charge in [0.25, 0.3) is 0 Å². The van der Waals surface area contributed by atoms with E-state index in [1.807, 2.05) is 4.90 Å². The Bertz CT molecular complexity index is 675. The van der Waals surface area contributed by atoms with Gasteiger partial charge in [0.15, 0.2) is 0 Å². The van der Waals surface area contributed by atoms with Crippen LogP contribution in [0, 0.1) is 5.82 Å². The lowest BCUT2D eigenvalue weighted by molar-refractivity contribution is 0.0970. The number of aromatic nitrogens is 2. The summed E-state index contributed by atoms with van der Waals surface area (Å²) in [5, 5.41) is 2.93. The van der Waals surface area contributed by atoms with Gasteiger partial charge in [-0.2, -0.15) is 0 Å². The first kappa shape index (κ1) is 17.4. The number of aromatic amines is 1. The van der Waals surface area contributed by atoms with E-state index < -0.39 is 0 Å². The molecule has 6 nitrogen and oxygen atoms in total. The highest BCUT2D eigenvalue weighted by molar-refractivity contribution is 5.74. The molecule has 0 bridgehead atoms. The molecule has 3 rings (SSSR count). The largest absolute Gasteiger partial charge is 0.375 e. The Morgan fingerprint density at radius 2 is 2.24 bits per heavy atom. The number of nitrogens with one attached hydrogen (secondary N) is 2. The Labute approximate surface area is 146 Å². The number of methoxy groups -OCH3 is 1. The predicted octanol–water partition coefficient (Wildman–Crippen LogP) is 3.17. The van der Waals surface area contributed by atoms with Gasteiger partial charge in [-0.15, -0.1) is 0 Å². The van der Waals surface area contributed by atoms with Crippen LogP contribution in [0.15, 0.2) is 36.7 Å². The minimum absolute atomic E-state index is 0.0319. The number of carbonyl (C=O) groups excluding carboxylic acids is 1. The molecule has 1 aliphatic rings. The summed E-state index contributed by atoms with van der Waals surface area (Å²) in [6.07, 6.45) is 6.11. The molecule has 1 aromatic carbocycles. The van der Waals surface area contributed by atoms with Crippen molar-refractivity contribution in [3.05, 3.63) is 53.9 Å². The maximum Gasteiger partial charge on any atom is 0.318 e. The number of urea groups is 1. The summed E-state index contributed by atoms with van der Waals surface area (Å²) in [5.41, 5.74) is 0.824. The van der Waals surface area contributed by atoms with Crippen molar-refractivity contribution in [3.8, 4) is 0 Å². The third-order valence-electron chi connectivity index (χ3n) is 4.56. The van der Waals surface area contributed by atoms with E-state index in [0.717, 1.165) is 30.7 Å². The number of hydrogen-bond acceptors (Lipinski definition) is 3. The number of ether oxygens (including phenoxy) is 1. The molecule has 1 fully saturated rings. The molecule has 1 saturated heterocycles. The summed E-state index contributed by atoms with van der Waals surface area (Å²) in [4.78, 5) is 21.9. The number of carbonyl (C=O) groups is 1. The normalized spacial score (nSPS) is 18.8. The van der Waals surface area contributed by atoms with Gasteiger partial charge >= 0.3 is 6.03 Å². The van der Waals surface area contributed by atoms with Crippen molar-refractivity contribution in [2.45, 2.75) is 31.4 Å². The molecule has 2 N–H and O–H groups in total. The van der Waals surface area contributed by atoms with Crippen molar-refractivity contribution in [3.63, 3.8) is 0 Å². The number of H-pyrrole nitrogens is 1. The van der Waals surface area contributed by atoms with Crippen molar-refractivity contribution in [1.29, 1.82) is 0 Å². The molecule has 0 aliphatic carbocycles. The summed E-state index contributed by atoms with van der Waals surface area (Å²) in [7, 11) is 1.58. The van der Waals surface area contributed by atoms with Gasteiger partial charge in [0, 0.05) is 32.6 Å². The molecule has 0 unspecified atom stereocenters. The van der Waals surface area contributed by atoms with Crippen LogP contribution >= 0.6 is 0 Å². The second-order valence-electron chi connectivity index (χ2n) is 6.14. The topological polar surface area (TPSA) is 70.2 Å². The summed E-state index contributed by atoms with van der Waals surface area (Å²) < 4.78 is 18.5.